The van der Waals surface area contributed by atoms with Crippen molar-refractivity contribution in [2.45, 2.75) is 19.8 Å². The van der Waals surface area contributed by atoms with Gasteiger partial charge in [-0.15, -0.1) is 0 Å². The fourth-order valence-corrected chi connectivity index (χ4v) is 2.33. The number of carbonyl (C=O) groups excluding carboxylic acids is 1. The third-order valence-corrected chi connectivity index (χ3v) is 3.83. The van der Waals surface area contributed by atoms with Crippen LogP contribution in [0.15, 0.2) is 30.6 Å². The molecule has 0 radical (unpaired) electrons. The summed E-state index contributed by atoms with van der Waals surface area (Å²) in [4.78, 5) is 42.6. The first-order chi connectivity index (χ1) is 13.3. The van der Waals surface area contributed by atoms with Crippen molar-refractivity contribution in [3.63, 3.8) is 0 Å². The molecule has 2 aromatic rings. The van der Waals surface area contributed by atoms with Gasteiger partial charge in [0.2, 0.25) is 11.6 Å². The van der Waals surface area contributed by atoms with Crippen LogP contribution >= 0.6 is 0 Å². The molecule has 2 N–H and O–H groups in total. The zero-order valence-corrected chi connectivity index (χ0v) is 15.3. The van der Waals surface area contributed by atoms with E-state index in [4.69, 9.17) is 0 Å². The molecule has 28 heavy (non-hydrogen) atoms. The largest absolute Gasteiger partial charge is 0.355 e. The SMILES string of the molecule is CCCCN(C)c1ncnc(NNC(=O)c2ccc([N+](=O)[O-])cc2)c1[N+](=O)[O-]. The molecule has 12 heteroatoms. The zero-order chi connectivity index (χ0) is 20.7. The molecule has 12 nitrogen and oxygen atoms in total. The maximum absolute atomic E-state index is 12.2. The molecule has 0 saturated heterocycles. The lowest BCUT2D eigenvalue weighted by Crippen LogP contribution is -2.31. The summed E-state index contributed by atoms with van der Waals surface area (Å²) in [7, 11) is 1.68. The van der Waals surface area contributed by atoms with E-state index in [1.54, 1.807) is 11.9 Å². The van der Waals surface area contributed by atoms with Gasteiger partial charge in [0.25, 0.3) is 11.6 Å². The van der Waals surface area contributed by atoms with Gasteiger partial charge in [-0.2, -0.15) is 0 Å². The number of anilines is 2. The maximum Gasteiger partial charge on any atom is 0.355 e. The summed E-state index contributed by atoms with van der Waals surface area (Å²) in [5.74, 6) is -0.683. The van der Waals surface area contributed by atoms with Gasteiger partial charge in [0, 0.05) is 31.3 Å². The number of aromatic nitrogens is 2. The number of amides is 1. The summed E-state index contributed by atoms with van der Waals surface area (Å²) in [6.07, 6.45) is 2.90. The van der Waals surface area contributed by atoms with E-state index in [1.807, 2.05) is 6.92 Å². The Balaban J connectivity index is 2.17. The van der Waals surface area contributed by atoms with Crippen LogP contribution in [-0.4, -0.2) is 39.3 Å². The molecule has 2 rings (SSSR count). The molecule has 1 aromatic carbocycles. The Bertz CT molecular complexity index is 872. The molecule has 1 amide bonds. The first-order valence-corrected chi connectivity index (χ1v) is 8.36. The Morgan fingerprint density at radius 3 is 2.39 bits per heavy atom. The average molecular weight is 389 g/mol. The molecule has 0 saturated carbocycles. The third kappa shape index (κ3) is 4.87. The van der Waals surface area contributed by atoms with Crippen LogP contribution in [0.25, 0.3) is 0 Å². The van der Waals surface area contributed by atoms with Crippen LogP contribution < -0.4 is 15.8 Å². The number of nitro benzene ring substituents is 1. The molecule has 0 aliphatic carbocycles. The molecule has 148 valence electrons. The fraction of sp³-hybridized carbons (Fsp3) is 0.312. The van der Waals surface area contributed by atoms with Crippen molar-refractivity contribution >= 4 is 28.9 Å². The molecule has 0 aliphatic rings. The summed E-state index contributed by atoms with van der Waals surface area (Å²) in [6.45, 7) is 2.58. The van der Waals surface area contributed by atoms with E-state index in [-0.39, 0.29) is 28.6 Å². The van der Waals surface area contributed by atoms with Crippen LogP contribution in [0.4, 0.5) is 23.0 Å². The van der Waals surface area contributed by atoms with E-state index in [1.165, 1.54) is 24.3 Å². The van der Waals surface area contributed by atoms with Crippen LogP contribution in [-0.2, 0) is 0 Å². The van der Waals surface area contributed by atoms with Crippen molar-refractivity contribution in [3.8, 4) is 0 Å². The second kappa shape index (κ2) is 9.21. The van der Waals surface area contributed by atoms with Crippen molar-refractivity contribution in [2.24, 2.45) is 0 Å². The van der Waals surface area contributed by atoms with Crippen molar-refractivity contribution in [1.29, 1.82) is 0 Å². The number of hydrogen-bond donors (Lipinski definition) is 2. The van der Waals surface area contributed by atoms with Gasteiger partial charge in [-0.1, -0.05) is 13.3 Å². The van der Waals surface area contributed by atoms with Gasteiger partial charge >= 0.3 is 5.69 Å². The normalized spacial score (nSPS) is 10.2. The Morgan fingerprint density at radius 2 is 1.82 bits per heavy atom. The second-order valence-corrected chi connectivity index (χ2v) is 5.81. The van der Waals surface area contributed by atoms with Crippen LogP contribution in [0.2, 0.25) is 0 Å². The lowest BCUT2D eigenvalue weighted by molar-refractivity contribution is -0.384. The maximum atomic E-state index is 12.2. The summed E-state index contributed by atoms with van der Waals surface area (Å²) in [6, 6.07) is 4.91. The van der Waals surface area contributed by atoms with Crippen LogP contribution in [0.1, 0.15) is 30.1 Å². The van der Waals surface area contributed by atoms with E-state index in [9.17, 15) is 25.0 Å². The summed E-state index contributed by atoms with van der Waals surface area (Å²) in [5, 5.41) is 22.2. The fourth-order valence-electron chi connectivity index (χ4n) is 2.33. The van der Waals surface area contributed by atoms with Gasteiger partial charge in [-0.3, -0.25) is 35.9 Å². The number of nitro groups is 2. The van der Waals surface area contributed by atoms with Gasteiger partial charge < -0.3 is 4.90 Å². The number of rotatable bonds is 9. The molecule has 0 bridgehead atoms. The number of hydrogen-bond acceptors (Lipinski definition) is 9. The van der Waals surface area contributed by atoms with Crippen molar-refractivity contribution in [2.75, 3.05) is 23.9 Å². The Kier molecular flexibility index (Phi) is 6.73. The van der Waals surface area contributed by atoms with Crippen molar-refractivity contribution in [3.05, 3.63) is 56.4 Å². The van der Waals surface area contributed by atoms with Gasteiger partial charge in [0.05, 0.1) is 9.85 Å². The highest BCUT2D eigenvalue weighted by atomic mass is 16.6. The number of hydrazine groups is 1. The third-order valence-electron chi connectivity index (χ3n) is 3.83. The first-order valence-electron chi connectivity index (χ1n) is 8.36. The van der Waals surface area contributed by atoms with Crippen molar-refractivity contribution in [1.82, 2.24) is 15.4 Å². The number of unbranched alkanes of at least 4 members (excludes halogenated alkanes) is 1. The molecule has 1 heterocycles. The smallest absolute Gasteiger partial charge is 0.354 e. The minimum atomic E-state index is -0.635. The zero-order valence-electron chi connectivity index (χ0n) is 15.3. The van der Waals surface area contributed by atoms with E-state index < -0.39 is 15.8 Å². The van der Waals surface area contributed by atoms with Gasteiger partial charge in [0.15, 0.2) is 0 Å². The Morgan fingerprint density at radius 1 is 1.14 bits per heavy atom. The molecule has 0 unspecified atom stereocenters. The summed E-state index contributed by atoms with van der Waals surface area (Å²) in [5.41, 5.74) is 4.33. The highest BCUT2D eigenvalue weighted by Crippen LogP contribution is 2.30. The highest BCUT2D eigenvalue weighted by molar-refractivity contribution is 5.95. The lowest BCUT2D eigenvalue weighted by Gasteiger charge is -2.18. The minimum absolute atomic E-state index is 0.125. The molecule has 1 aromatic heterocycles. The minimum Gasteiger partial charge on any atom is -0.354 e. The molecular weight excluding hydrogens is 370 g/mol. The Hall–Kier alpha value is -3.83. The predicted octanol–water partition coefficient (Wildman–Crippen LogP) is 2.29. The average Bonchev–Trinajstić information content (AvgIpc) is 2.69. The van der Waals surface area contributed by atoms with Crippen LogP contribution in [0, 0.1) is 20.2 Å². The van der Waals surface area contributed by atoms with Gasteiger partial charge in [0.1, 0.15) is 6.33 Å². The number of carbonyl (C=O) groups is 1. The van der Waals surface area contributed by atoms with Crippen molar-refractivity contribution < 1.29 is 14.6 Å². The lowest BCUT2D eigenvalue weighted by atomic mass is 10.2. The quantitative estimate of drug-likeness (QED) is 0.485. The summed E-state index contributed by atoms with van der Waals surface area (Å²) >= 11 is 0. The second-order valence-electron chi connectivity index (χ2n) is 5.81. The van der Waals surface area contributed by atoms with Gasteiger partial charge in [-0.25, -0.2) is 9.97 Å². The van der Waals surface area contributed by atoms with E-state index in [0.29, 0.717) is 6.54 Å². The van der Waals surface area contributed by atoms with E-state index in [0.717, 1.165) is 19.2 Å². The first kappa shape index (κ1) is 20.5. The Labute approximate surface area is 159 Å². The number of benzene rings is 1. The topological polar surface area (TPSA) is 156 Å². The summed E-state index contributed by atoms with van der Waals surface area (Å²) < 4.78 is 0. The molecule has 0 aliphatic heterocycles. The van der Waals surface area contributed by atoms with Crippen LogP contribution in [0.3, 0.4) is 0 Å². The van der Waals surface area contributed by atoms with E-state index >= 15 is 0 Å². The number of nitrogens with one attached hydrogen (secondary N) is 2. The molecular formula is C16H19N7O5. The highest BCUT2D eigenvalue weighted by Gasteiger charge is 2.25. The molecule has 0 atom stereocenters. The van der Waals surface area contributed by atoms with E-state index in [2.05, 4.69) is 20.8 Å². The molecule has 0 fully saturated rings. The number of nitrogens with zero attached hydrogens (tertiary/aromatic N) is 5. The number of non-ortho nitro benzene ring substituents is 1. The van der Waals surface area contributed by atoms with Gasteiger partial charge in [-0.05, 0) is 18.6 Å². The van der Waals surface area contributed by atoms with Crippen LogP contribution in [0.5, 0.6) is 0 Å². The predicted molar refractivity (Wildman–Crippen MR) is 101 cm³/mol. The monoisotopic (exact) mass is 389 g/mol. The molecule has 0 spiro atoms. The standard InChI is InChI=1S/C16H19N7O5/c1-3-4-9-21(2)15-13(23(27)28)14(17-10-18-15)19-20-16(24)11-5-7-12(8-6-11)22(25)26/h5-8,10H,3-4,9H2,1-2H3,(H,20,24)(H,17,18,19).